The maximum absolute atomic E-state index is 4.47. The fraction of sp³-hybridized carbons (Fsp3) is 0.400. The number of hydrogen-bond acceptors (Lipinski definition) is 5. The summed E-state index contributed by atoms with van der Waals surface area (Å²) in [5.74, 6) is 0. The molecule has 0 unspecified atom stereocenters. The molecule has 82 valence electrons. The third-order valence-corrected chi connectivity index (χ3v) is 1.65. The van der Waals surface area contributed by atoms with E-state index < -0.39 is 0 Å². The van der Waals surface area contributed by atoms with Crippen LogP contribution in [0.4, 0.5) is 0 Å². The van der Waals surface area contributed by atoms with Crippen molar-refractivity contribution < 1.29 is 8.94 Å². The number of hydrogen-bond donors (Lipinski definition) is 1. The fourth-order valence-electron chi connectivity index (χ4n) is 0.976. The molecule has 3 heterocycles. The minimum atomic E-state index is 1.25. The highest BCUT2D eigenvalue weighted by atomic mass is 16.5. The van der Waals surface area contributed by atoms with E-state index in [9.17, 15) is 0 Å². The maximum atomic E-state index is 4.47. The zero-order valence-corrected chi connectivity index (χ0v) is 8.50. The Morgan fingerprint density at radius 2 is 1.93 bits per heavy atom. The molecule has 0 aliphatic carbocycles. The average molecular weight is 209 g/mol. The Hall–Kier alpha value is -1.62. The molecule has 1 N–H and O–H groups in total. The van der Waals surface area contributed by atoms with Crippen LogP contribution in [-0.2, 0) is 0 Å². The van der Waals surface area contributed by atoms with Crippen molar-refractivity contribution in [3.05, 3.63) is 37.4 Å². The second-order valence-electron chi connectivity index (χ2n) is 2.82. The molecule has 0 amide bonds. The van der Waals surface area contributed by atoms with Crippen molar-refractivity contribution >= 4 is 0 Å². The summed E-state index contributed by atoms with van der Waals surface area (Å²) in [6, 6.07) is 1.72. The highest BCUT2D eigenvalue weighted by Gasteiger charge is 1.93. The van der Waals surface area contributed by atoms with Gasteiger partial charge in [0.05, 0.1) is 12.4 Å². The van der Waals surface area contributed by atoms with E-state index >= 15 is 0 Å². The molecule has 1 saturated heterocycles. The Balaban J connectivity index is 0.000000112. The van der Waals surface area contributed by atoms with E-state index in [2.05, 4.69) is 24.4 Å². The molecule has 1 fully saturated rings. The van der Waals surface area contributed by atoms with Gasteiger partial charge in [0.15, 0.2) is 6.39 Å². The van der Waals surface area contributed by atoms with Crippen LogP contribution in [0.2, 0.25) is 0 Å². The van der Waals surface area contributed by atoms with Crippen molar-refractivity contribution in [3.63, 3.8) is 0 Å². The zero-order valence-electron chi connectivity index (χ0n) is 8.50. The van der Waals surface area contributed by atoms with E-state index in [-0.39, 0.29) is 0 Å². The molecular formula is C10H15N3O2. The summed E-state index contributed by atoms with van der Waals surface area (Å²) in [6.45, 7) is 2.50. The van der Waals surface area contributed by atoms with Crippen LogP contribution in [-0.4, -0.2) is 23.2 Å². The highest BCUT2D eigenvalue weighted by molar-refractivity contribution is 4.67. The third kappa shape index (κ3) is 7.45. The van der Waals surface area contributed by atoms with Gasteiger partial charge in [-0.15, -0.1) is 0 Å². The number of rotatable bonds is 0. The first-order valence-electron chi connectivity index (χ1n) is 4.87. The lowest BCUT2D eigenvalue weighted by atomic mass is 10.4. The lowest BCUT2D eigenvalue weighted by molar-refractivity contribution is 0.420. The van der Waals surface area contributed by atoms with Gasteiger partial charge >= 0.3 is 0 Å². The van der Waals surface area contributed by atoms with Crippen molar-refractivity contribution in [1.29, 1.82) is 0 Å². The molecule has 2 aromatic rings. The van der Waals surface area contributed by atoms with Crippen LogP contribution >= 0.6 is 0 Å². The third-order valence-electron chi connectivity index (χ3n) is 1.65. The minimum Gasteiger partial charge on any atom is -0.452 e. The molecule has 0 bridgehead atoms. The van der Waals surface area contributed by atoms with Gasteiger partial charge in [-0.2, -0.15) is 0 Å². The highest BCUT2D eigenvalue weighted by Crippen LogP contribution is 1.90. The molecule has 3 rings (SSSR count). The van der Waals surface area contributed by atoms with Crippen LogP contribution in [0.25, 0.3) is 0 Å². The summed E-state index contributed by atoms with van der Waals surface area (Å²) < 4.78 is 8.81. The lowest BCUT2D eigenvalue weighted by Gasteiger charge is -1.76. The normalized spacial score (nSPS) is 13.3. The predicted molar refractivity (Wildman–Crippen MR) is 55.1 cm³/mol. The largest absolute Gasteiger partial charge is 0.452 e. The predicted octanol–water partition coefficient (Wildman–Crippen LogP) is 1.72. The second kappa shape index (κ2) is 8.96. The Kier molecular flexibility index (Phi) is 6.84. The van der Waals surface area contributed by atoms with E-state index in [0.717, 1.165) is 0 Å². The molecule has 1 aliphatic rings. The first-order valence-corrected chi connectivity index (χ1v) is 4.87. The quantitative estimate of drug-likeness (QED) is 0.715. The molecule has 0 atom stereocenters. The van der Waals surface area contributed by atoms with Gasteiger partial charge in [0.2, 0.25) is 0 Å². The number of oxazole rings is 1. The summed E-state index contributed by atoms with van der Waals surface area (Å²) in [6.07, 6.45) is 10.3. The van der Waals surface area contributed by atoms with Crippen molar-refractivity contribution in [2.45, 2.75) is 12.8 Å². The Morgan fingerprint density at radius 1 is 1.07 bits per heavy atom. The smallest absolute Gasteiger partial charge is 0.180 e. The van der Waals surface area contributed by atoms with Gasteiger partial charge in [-0.25, -0.2) is 4.98 Å². The van der Waals surface area contributed by atoms with Gasteiger partial charge in [-0.1, -0.05) is 5.16 Å². The zero-order chi connectivity index (χ0) is 10.6. The molecule has 0 radical (unpaired) electrons. The SMILES string of the molecule is C1CCNC1.c1cnoc1.c1cocn1. The van der Waals surface area contributed by atoms with Gasteiger partial charge in [0, 0.05) is 0 Å². The summed E-state index contributed by atoms with van der Waals surface area (Å²) in [4.78, 5) is 3.56. The number of aromatic nitrogens is 2. The van der Waals surface area contributed by atoms with Crippen LogP contribution in [0.3, 0.4) is 0 Å². The molecule has 2 aromatic heterocycles. The van der Waals surface area contributed by atoms with Gasteiger partial charge in [-0.05, 0) is 32.0 Å². The van der Waals surface area contributed by atoms with E-state index in [0.29, 0.717) is 0 Å². The Morgan fingerprint density at radius 3 is 2.13 bits per heavy atom. The van der Waals surface area contributed by atoms with Crippen LogP contribution in [0.1, 0.15) is 12.8 Å². The van der Waals surface area contributed by atoms with Crippen LogP contribution in [0, 0.1) is 0 Å². The average Bonchev–Trinajstić information content (AvgIpc) is 3.09. The topological polar surface area (TPSA) is 64.1 Å². The first-order chi connectivity index (χ1) is 7.50. The van der Waals surface area contributed by atoms with E-state index in [1.807, 2.05) is 0 Å². The van der Waals surface area contributed by atoms with Crippen LogP contribution in [0.5, 0.6) is 0 Å². The Bertz CT molecular complexity index is 209. The molecular weight excluding hydrogens is 194 g/mol. The molecule has 0 spiro atoms. The van der Waals surface area contributed by atoms with Crippen molar-refractivity contribution in [1.82, 2.24) is 15.5 Å². The van der Waals surface area contributed by atoms with E-state index in [1.165, 1.54) is 44.9 Å². The van der Waals surface area contributed by atoms with Gasteiger partial charge in [0.25, 0.3) is 0 Å². The Labute approximate surface area is 88.5 Å². The van der Waals surface area contributed by atoms with Crippen LogP contribution < -0.4 is 5.32 Å². The fourth-order valence-corrected chi connectivity index (χ4v) is 0.976. The maximum Gasteiger partial charge on any atom is 0.180 e. The lowest BCUT2D eigenvalue weighted by Crippen LogP contribution is -2.03. The van der Waals surface area contributed by atoms with Crippen molar-refractivity contribution in [3.8, 4) is 0 Å². The van der Waals surface area contributed by atoms with Crippen LogP contribution in [0.15, 0.2) is 46.3 Å². The first kappa shape index (κ1) is 11.5. The summed E-state index contributed by atoms with van der Waals surface area (Å²) in [7, 11) is 0. The monoisotopic (exact) mass is 209 g/mol. The molecule has 5 nitrogen and oxygen atoms in total. The number of nitrogens with zero attached hydrogens (tertiary/aromatic N) is 2. The van der Waals surface area contributed by atoms with Crippen molar-refractivity contribution in [2.24, 2.45) is 0 Å². The molecule has 1 aliphatic heterocycles. The molecule has 15 heavy (non-hydrogen) atoms. The molecule has 0 aromatic carbocycles. The summed E-state index contributed by atoms with van der Waals surface area (Å²) in [5.41, 5.74) is 0. The van der Waals surface area contributed by atoms with Crippen molar-refractivity contribution in [2.75, 3.05) is 13.1 Å². The summed E-state index contributed by atoms with van der Waals surface area (Å²) in [5, 5.41) is 6.57. The molecule has 0 saturated carbocycles. The van der Waals surface area contributed by atoms with Gasteiger partial charge in [-0.3, -0.25) is 0 Å². The number of nitrogens with one attached hydrogen (secondary N) is 1. The molecule has 5 heteroatoms. The summed E-state index contributed by atoms with van der Waals surface area (Å²) >= 11 is 0. The van der Waals surface area contributed by atoms with E-state index in [4.69, 9.17) is 0 Å². The second-order valence-corrected chi connectivity index (χ2v) is 2.82. The van der Waals surface area contributed by atoms with Gasteiger partial charge < -0.3 is 14.3 Å². The minimum absolute atomic E-state index is 1.25. The van der Waals surface area contributed by atoms with Gasteiger partial charge in [0.1, 0.15) is 12.5 Å². The van der Waals surface area contributed by atoms with E-state index in [1.54, 1.807) is 18.5 Å². The standard InChI is InChI=1S/C4H9N.2C3H3NO/c1-2-4-5-3-1;1-2-5-3-4-1;1-2-4-5-3-1/h5H,1-4H2;2*1-3H.